The molecule has 7 nitrogen and oxygen atoms in total. The lowest BCUT2D eigenvalue weighted by molar-refractivity contribution is -0.207. The summed E-state index contributed by atoms with van der Waals surface area (Å²) < 4.78 is 53.8. The van der Waals surface area contributed by atoms with E-state index in [-0.39, 0.29) is 36.2 Å². The lowest BCUT2D eigenvalue weighted by Gasteiger charge is -2.61. The molecule has 5 aliphatic rings. The maximum Gasteiger partial charge on any atom is 0.414 e. The molecule has 0 aromatic carbocycles. The number of methoxy groups -OCH3 is 1. The third-order valence-electron chi connectivity index (χ3n) is 11.9. The van der Waals surface area contributed by atoms with E-state index >= 15 is 0 Å². The molecule has 0 aromatic rings. The number of nitrogens with one attached hydrogen (secondary N) is 1. The predicted molar refractivity (Wildman–Crippen MR) is 136 cm³/mol. The second-order valence-electron chi connectivity index (χ2n) is 13.8. The number of fused-ring (bicyclic) bond motifs is 2. The van der Waals surface area contributed by atoms with Crippen molar-refractivity contribution in [2.45, 2.75) is 91.0 Å². The van der Waals surface area contributed by atoms with E-state index in [0.717, 1.165) is 32.4 Å². The molecule has 2 heterocycles. The van der Waals surface area contributed by atoms with Gasteiger partial charge in [-0.2, -0.15) is 13.2 Å². The first-order chi connectivity index (χ1) is 18.1. The van der Waals surface area contributed by atoms with E-state index in [0.29, 0.717) is 19.4 Å². The summed E-state index contributed by atoms with van der Waals surface area (Å²) in [4.78, 5) is 42.5. The summed E-state index contributed by atoms with van der Waals surface area (Å²) in [6.07, 6.45) is -4.42. The average Bonchev–Trinajstić information content (AvgIpc) is 3.58. The quantitative estimate of drug-likeness (QED) is 0.526. The molecule has 5 fully saturated rings. The SMILES string of the molecule is CO[C@@H]1CCC23CC[C@@H](C)[C@](C)(C12)[C@H](OC(=O)NC(=O)[C@H]1CN2CC[C@@H]1C2)C[C@@](C)(CC(F)(F)F)C(=O)[C@@H]3C. The van der Waals surface area contributed by atoms with Gasteiger partial charge in [-0.1, -0.05) is 27.7 Å². The van der Waals surface area contributed by atoms with Gasteiger partial charge in [-0.15, -0.1) is 0 Å². The largest absolute Gasteiger partial charge is 0.445 e. The molecule has 2 saturated heterocycles. The van der Waals surface area contributed by atoms with Crippen LogP contribution in [0.1, 0.15) is 72.6 Å². The van der Waals surface area contributed by atoms with Crippen LogP contribution in [0, 0.1) is 45.8 Å². The number of ketones is 1. The van der Waals surface area contributed by atoms with Crippen LogP contribution in [0.3, 0.4) is 0 Å². The molecule has 1 N–H and O–H groups in total. The van der Waals surface area contributed by atoms with E-state index in [1.165, 1.54) is 6.92 Å². The van der Waals surface area contributed by atoms with Gasteiger partial charge < -0.3 is 14.4 Å². The van der Waals surface area contributed by atoms with Gasteiger partial charge in [-0.3, -0.25) is 14.9 Å². The Bertz CT molecular complexity index is 1020. The summed E-state index contributed by atoms with van der Waals surface area (Å²) in [7, 11) is 1.64. The van der Waals surface area contributed by atoms with Gasteiger partial charge >= 0.3 is 12.3 Å². The normalized spacial score (nSPS) is 47.3. The minimum absolute atomic E-state index is 0.00813. The number of carbonyl (C=O) groups is 3. The van der Waals surface area contributed by atoms with Gasteiger partial charge in [0, 0.05) is 42.9 Å². The molecular formula is C29H43F3N2O5. The fourth-order valence-corrected chi connectivity index (χ4v) is 9.70. The lowest BCUT2D eigenvalue weighted by atomic mass is 9.43. The molecule has 39 heavy (non-hydrogen) atoms. The van der Waals surface area contributed by atoms with E-state index in [1.807, 2.05) is 6.92 Å². The molecule has 2 amide bonds. The van der Waals surface area contributed by atoms with Crippen LogP contribution in [0.5, 0.6) is 0 Å². The molecule has 2 aliphatic heterocycles. The Kier molecular flexibility index (Phi) is 7.18. The molecule has 0 spiro atoms. The Balaban J connectivity index is 1.50. The van der Waals surface area contributed by atoms with Crippen LogP contribution < -0.4 is 5.32 Å². The molecule has 3 saturated carbocycles. The first-order valence-corrected chi connectivity index (χ1v) is 14.5. The maximum absolute atomic E-state index is 14.0. The fourth-order valence-electron chi connectivity index (χ4n) is 9.70. The summed E-state index contributed by atoms with van der Waals surface area (Å²) >= 11 is 0. The molecule has 220 valence electrons. The zero-order valence-corrected chi connectivity index (χ0v) is 23.7. The highest BCUT2D eigenvalue weighted by Gasteiger charge is 2.69. The minimum atomic E-state index is -4.56. The Morgan fingerprint density at radius 2 is 1.79 bits per heavy atom. The molecule has 0 radical (unpaired) electrons. The first kappa shape index (κ1) is 28.8. The summed E-state index contributed by atoms with van der Waals surface area (Å²) in [6, 6.07) is 0. The van der Waals surface area contributed by atoms with Crippen LogP contribution in [-0.2, 0) is 19.1 Å². The van der Waals surface area contributed by atoms with Crippen molar-refractivity contribution in [3.63, 3.8) is 0 Å². The maximum atomic E-state index is 14.0. The van der Waals surface area contributed by atoms with Crippen LogP contribution in [0.15, 0.2) is 0 Å². The van der Waals surface area contributed by atoms with Crippen LogP contribution in [-0.4, -0.2) is 67.8 Å². The van der Waals surface area contributed by atoms with Crippen molar-refractivity contribution >= 4 is 17.8 Å². The van der Waals surface area contributed by atoms with Crippen molar-refractivity contribution in [3.8, 4) is 0 Å². The van der Waals surface area contributed by atoms with Gasteiger partial charge in [0.1, 0.15) is 11.9 Å². The Labute approximate surface area is 228 Å². The highest BCUT2D eigenvalue weighted by atomic mass is 19.4. The van der Waals surface area contributed by atoms with Gasteiger partial charge in [0.25, 0.3) is 0 Å². The van der Waals surface area contributed by atoms with E-state index < -0.39 is 58.6 Å². The second-order valence-corrected chi connectivity index (χ2v) is 13.8. The molecule has 4 bridgehead atoms. The third-order valence-corrected chi connectivity index (χ3v) is 11.9. The number of hydrogen-bond donors (Lipinski definition) is 1. The predicted octanol–water partition coefficient (Wildman–Crippen LogP) is 4.97. The van der Waals surface area contributed by atoms with E-state index in [9.17, 15) is 27.6 Å². The van der Waals surface area contributed by atoms with Crippen LogP contribution in [0.2, 0.25) is 0 Å². The Morgan fingerprint density at radius 1 is 1.10 bits per heavy atom. The topological polar surface area (TPSA) is 84.9 Å². The third kappa shape index (κ3) is 4.61. The van der Waals surface area contributed by atoms with Gasteiger partial charge in [0.15, 0.2) is 0 Å². The van der Waals surface area contributed by atoms with Gasteiger partial charge in [-0.05, 0) is 62.3 Å². The number of hydrogen-bond acceptors (Lipinski definition) is 6. The number of alkyl carbamates (subject to hydrolysis) is 1. The van der Waals surface area contributed by atoms with Crippen molar-refractivity contribution in [2.75, 3.05) is 26.7 Å². The molecular weight excluding hydrogens is 513 g/mol. The van der Waals surface area contributed by atoms with Crippen molar-refractivity contribution < 1.29 is 37.0 Å². The number of imide groups is 1. The standard InChI is InChI=1S/C29H43F3N2O5/c1-16-6-9-28-10-7-20(38-5)22(28)27(16,4)21(12-26(3,15-29(30,31)32)23(35)17(28)2)39-25(37)33-24(36)19-14-34-11-8-18(19)13-34/h16-22H,6-15H2,1-5H3,(H,33,36,37)/t16-,17+,18-,19+,20-,21-,22?,26+,27+,28?/m1/s1. The van der Waals surface area contributed by atoms with Crippen LogP contribution >= 0.6 is 0 Å². The number of alkyl halides is 3. The molecule has 3 aliphatic carbocycles. The van der Waals surface area contributed by atoms with Gasteiger partial charge in [0.05, 0.1) is 18.4 Å². The van der Waals surface area contributed by atoms with E-state index in [2.05, 4.69) is 17.1 Å². The number of Topliss-reactive ketones (excluding diaryl/α,β-unsaturated/α-hetero) is 1. The number of amides is 2. The number of piperidine rings is 1. The lowest BCUT2D eigenvalue weighted by Crippen LogP contribution is -2.63. The monoisotopic (exact) mass is 556 g/mol. The van der Waals surface area contributed by atoms with E-state index in [4.69, 9.17) is 9.47 Å². The molecule has 10 heteroatoms. The summed E-state index contributed by atoms with van der Waals surface area (Å²) in [5.74, 6) is -1.65. The summed E-state index contributed by atoms with van der Waals surface area (Å²) in [6.45, 7) is 9.63. The second kappa shape index (κ2) is 9.71. The van der Waals surface area contributed by atoms with E-state index in [1.54, 1.807) is 14.0 Å². The zero-order valence-electron chi connectivity index (χ0n) is 23.7. The summed E-state index contributed by atoms with van der Waals surface area (Å²) in [5, 5.41) is 2.41. The number of ether oxygens (including phenoxy) is 2. The molecule has 0 aromatic heterocycles. The number of rotatable bonds is 4. The van der Waals surface area contributed by atoms with Crippen LogP contribution in [0.4, 0.5) is 18.0 Å². The molecule has 3 unspecified atom stereocenters. The first-order valence-electron chi connectivity index (χ1n) is 14.5. The number of carbonyl (C=O) groups excluding carboxylic acids is 3. The highest BCUT2D eigenvalue weighted by Crippen LogP contribution is 2.69. The van der Waals surface area contributed by atoms with Crippen molar-refractivity contribution in [1.82, 2.24) is 10.2 Å². The highest BCUT2D eigenvalue weighted by molar-refractivity contribution is 5.93. The smallest absolute Gasteiger partial charge is 0.414 e. The Morgan fingerprint density at radius 3 is 2.38 bits per heavy atom. The van der Waals surface area contributed by atoms with Crippen LogP contribution in [0.25, 0.3) is 0 Å². The molecule has 5 rings (SSSR count). The number of nitrogens with zero attached hydrogens (tertiary/aromatic N) is 1. The average molecular weight is 557 g/mol. The Hall–Kier alpha value is -1.68. The zero-order chi connectivity index (χ0) is 28.5. The summed E-state index contributed by atoms with van der Waals surface area (Å²) in [5.41, 5.74) is -3.03. The van der Waals surface area contributed by atoms with Gasteiger partial charge in [0.2, 0.25) is 5.91 Å². The van der Waals surface area contributed by atoms with Crippen molar-refractivity contribution in [2.24, 2.45) is 45.8 Å². The fraction of sp³-hybridized carbons (Fsp3) is 0.897. The minimum Gasteiger partial charge on any atom is -0.445 e. The number of halogens is 3. The molecule has 11 atom stereocenters. The van der Waals surface area contributed by atoms with Crippen molar-refractivity contribution in [1.29, 1.82) is 0 Å². The van der Waals surface area contributed by atoms with Crippen molar-refractivity contribution in [3.05, 3.63) is 0 Å². The van der Waals surface area contributed by atoms with Gasteiger partial charge in [-0.25, -0.2) is 4.79 Å².